The normalized spacial score (nSPS) is 10.3. The van der Waals surface area contributed by atoms with Crippen molar-refractivity contribution in [3.63, 3.8) is 0 Å². The van der Waals surface area contributed by atoms with Crippen molar-refractivity contribution in [1.29, 1.82) is 0 Å². The smallest absolute Gasteiger partial charge is 0.325 e. The van der Waals surface area contributed by atoms with Gasteiger partial charge in [-0.2, -0.15) is 0 Å². The van der Waals surface area contributed by atoms with Gasteiger partial charge in [0, 0.05) is 10.6 Å². The largest absolute Gasteiger partial charge is 0.488 e. The lowest BCUT2D eigenvalue weighted by Crippen LogP contribution is -2.31. The average Bonchev–Trinajstić information content (AvgIpc) is 2.60. The molecule has 26 heavy (non-hydrogen) atoms. The van der Waals surface area contributed by atoms with Crippen molar-refractivity contribution in [1.82, 2.24) is 5.32 Å². The first kappa shape index (κ1) is 20.1. The Morgan fingerprint density at radius 2 is 1.77 bits per heavy atom. The number of hydrogen-bond donors (Lipinski definition) is 1. The Labute approximate surface area is 162 Å². The highest BCUT2D eigenvalue weighted by Crippen LogP contribution is 2.27. The molecule has 2 aromatic carbocycles. The highest BCUT2D eigenvalue weighted by Gasteiger charge is 2.10. The molecule has 138 valence electrons. The van der Waals surface area contributed by atoms with Crippen molar-refractivity contribution in [2.45, 2.75) is 13.8 Å². The van der Waals surface area contributed by atoms with Crippen LogP contribution in [0, 0.1) is 13.8 Å². The molecule has 0 unspecified atom stereocenters. The summed E-state index contributed by atoms with van der Waals surface area (Å²) in [5.41, 5.74) is 2.61. The van der Waals surface area contributed by atoms with Crippen LogP contribution in [0.4, 0.5) is 0 Å². The standard InChI is InChI=1S/C19H19Cl2NO4/c1-12-3-4-14(9-13(12)2)19(24)22-11-18(23)26-8-7-25-17-6-5-15(20)10-16(17)21/h3-6,9-10H,7-8,11H2,1-2H3,(H,22,24). The SMILES string of the molecule is Cc1ccc(C(=O)NCC(=O)OCCOc2ccc(Cl)cc2Cl)cc1C. The molecule has 2 aromatic rings. The number of halogens is 2. The van der Waals surface area contributed by atoms with E-state index in [1.54, 1.807) is 30.3 Å². The summed E-state index contributed by atoms with van der Waals surface area (Å²) in [5.74, 6) is -0.419. The molecule has 0 aliphatic rings. The van der Waals surface area contributed by atoms with Crippen LogP contribution in [-0.4, -0.2) is 31.6 Å². The van der Waals surface area contributed by atoms with E-state index in [0.717, 1.165) is 11.1 Å². The van der Waals surface area contributed by atoms with Crippen molar-refractivity contribution in [2.75, 3.05) is 19.8 Å². The molecule has 0 fully saturated rings. The minimum absolute atomic E-state index is 0.0390. The fourth-order valence-electron chi connectivity index (χ4n) is 2.09. The first-order valence-corrected chi connectivity index (χ1v) is 8.71. The maximum absolute atomic E-state index is 12.0. The van der Waals surface area contributed by atoms with E-state index in [9.17, 15) is 9.59 Å². The lowest BCUT2D eigenvalue weighted by molar-refractivity contribution is -0.143. The van der Waals surface area contributed by atoms with E-state index in [1.807, 2.05) is 19.9 Å². The minimum Gasteiger partial charge on any atom is -0.488 e. The van der Waals surface area contributed by atoms with Gasteiger partial charge in [-0.3, -0.25) is 9.59 Å². The molecular weight excluding hydrogens is 377 g/mol. The first-order valence-electron chi connectivity index (χ1n) is 7.95. The average molecular weight is 396 g/mol. The number of ether oxygens (including phenoxy) is 2. The maximum Gasteiger partial charge on any atom is 0.325 e. The Morgan fingerprint density at radius 3 is 2.46 bits per heavy atom. The molecule has 0 aliphatic heterocycles. The van der Waals surface area contributed by atoms with Gasteiger partial charge in [-0.1, -0.05) is 29.3 Å². The van der Waals surface area contributed by atoms with Crippen LogP contribution in [0.25, 0.3) is 0 Å². The third-order valence-electron chi connectivity index (χ3n) is 3.66. The predicted octanol–water partition coefficient (Wildman–Crippen LogP) is 3.96. The Balaban J connectivity index is 1.70. The van der Waals surface area contributed by atoms with Crippen molar-refractivity contribution in [3.05, 3.63) is 63.1 Å². The molecule has 0 saturated carbocycles. The molecule has 0 saturated heterocycles. The summed E-state index contributed by atoms with van der Waals surface area (Å²) < 4.78 is 10.4. The third-order valence-corrected chi connectivity index (χ3v) is 4.19. The number of aryl methyl sites for hydroxylation is 2. The number of hydrogen-bond acceptors (Lipinski definition) is 4. The Hall–Kier alpha value is -2.24. The van der Waals surface area contributed by atoms with E-state index < -0.39 is 5.97 Å². The van der Waals surface area contributed by atoms with Crippen molar-refractivity contribution < 1.29 is 19.1 Å². The Kier molecular flexibility index (Phi) is 7.30. The highest BCUT2D eigenvalue weighted by atomic mass is 35.5. The Morgan fingerprint density at radius 1 is 1.00 bits per heavy atom. The lowest BCUT2D eigenvalue weighted by Gasteiger charge is -2.10. The molecule has 0 aliphatic carbocycles. The van der Waals surface area contributed by atoms with Crippen LogP contribution in [0.15, 0.2) is 36.4 Å². The summed E-state index contributed by atoms with van der Waals surface area (Å²) in [6, 6.07) is 10.2. The monoisotopic (exact) mass is 395 g/mol. The Bertz CT molecular complexity index is 808. The van der Waals surface area contributed by atoms with E-state index in [-0.39, 0.29) is 25.7 Å². The van der Waals surface area contributed by atoms with Gasteiger partial charge < -0.3 is 14.8 Å². The fraction of sp³-hybridized carbons (Fsp3) is 0.263. The van der Waals surface area contributed by atoms with E-state index in [4.69, 9.17) is 32.7 Å². The number of amides is 1. The van der Waals surface area contributed by atoms with Gasteiger partial charge >= 0.3 is 5.97 Å². The van der Waals surface area contributed by atoms with Gasteiger partial charge in [-0.15, -0.1) is 0 Å². The number of rotatable bonds is 7. The third kappa shape index (κ3) is 5.93. The van der Waals surface area contributed by atoms with Crippen LogP contribution in [0.2, 0.25) is 10.0 Å². The fourth-order valence-corrected chi connectivity index (χ4v) is 2.55. The van der Waals surface area contributed by atoms with Crippen molar-refractivity contribution in [3.8, 4) is 5.75 Å². The summed E-state index contributed by atoms with van der Waals surface area (Å²) in [7, 11) is 0. The number of esters is 1. The lowest BCUT2D eigenvalue weighted by atomic mass is 10.1. The van der Waals surface area contributed by atoms with E-state index in [1.165, 1.54) is 0 Å². The van der Waals surface area contributed by atoms with Crippen LogP contribution < -0.4 is 10.1 Å². The molecule has 0 spiro atoms. The van der Waals surface area contributed by atoms with Gasteiger partial charge in [0.15, 0.2) is 0 Å². The molecule has 2 rings (SSSR count). The molecular formula is C19H19Cl2NO4. The second-order valence-corrected chi connectivity index (χ2v) is 6.47. The van der Waals surface area contributed by atoms with Crippen LogP contribution in [-0.2, 0) is 9.53 Å². The van der Waals surface area contributed by atoms with E-state index in [2.05, 4.69) is 5.32 Å². The molecule has 0 radical (unpaired) electrons. The zero-order valence-electron chi connectivity index (χ0n) is 14.5. The zero-order valence-corrected chi connectivity index (χ0v) is 16.0. The highest BCUT2D eigenvalue weighted by molar-refractivity contribution is 6.35. The molecule has 0 aromatic heterocycles. The van der Waals surface area contributed by atoms with Crippen molar-refractivity contribution >= 4 is 35.1 Å². The second kappa shape index (κ2) is 9.46. The number of carbonyl (C=O) groups is 2. The van der Waals surface area contributed by atoms with Gasteiger partial charge in [-0.05, 0) is 55.3 Å². The zero-order chi connectivity index (χ0) is 19.1. The van der Waals surface area contributed by atoms with Gasteiger partial charge in [0.2, 0.25) is 0 Å². The van der Waals surface area contributed by atoms with Gasteiger partial charge in [0.05, 0.1) is 5.02 Å². The van der Waals surface area contributed by atoms with Gasteiger partial charge in [0.25, 0.3) is 5.91 Å². The quantitative estimate of drug-likeness (QED) is 0.569. The molecule has 0 atom stereocenters. The molecule has 0 heterocycles. The maximum atomic E-state index is 12.0. The summed E-state index contributed by atoms with van der Waals surface area (Å²) in [6.45, 7) is 3.85. The van der Waals surface area contributed by atoms with Gasteiger partial charge in [0.1, 0.15) is 25.5 Å². The molecule has 1 amide bonds. The molecule has 5 nitrogen and oxygen atoms in total. The molecule has 7 heteroatoms. The summed E-state index contributed by atoms with van der Waals surface area (Å²) >= 11 is 11.8. The number of benzene rings is 2. The second-order valence-electron chi connectivity index (χ2n) is 5.63. The van der Waals surface area contributed by atoms with Crippen LogP contribution in [0.1, 0.15) is 21.5 Å². The summed E-state index contributed by atoms with van der Waals surface area (Å²) in [4.78, 5) is 23.7. The first-order chi connectivity index (χ1) is 12.4. The number of nitrogens with one attached hydrogen (secondary N) is 1. The molecule has 1 N–H and O–H groups in total. The van der Waals surface area contributed by atoms with Crippen LogP contribution in [0.5, 0.6) is 5.75 Å². The van der Waals surface area contributed by atoms with Gasteiger partial charge in [-0.25, -0.2) is 0 Å². The molecule has 0 bridgehead atoms. The van der Waals surface area contributed by atoms with Crippen molar-refractivity contribution in [2.24, 2.45) is 0 Å². The number of carbonyl (C=O) groups excluding carboxylic acids is 2. The van der Waals surface area contributed by atoms with Crippen LogP contribution in [0.3, 0.4) is 0 Å². The summed E-state index contributed by atoms with van der Waals surface area (Å²) in [5, 5.41) is 3.42. The minimum atomic E-state index is -0.548. The summed E-state index contributed by atoms with van der Waals surface area (Å²) in [6.07, 6.45) is 0. The van der Waals surface area contributed by atoms with E-state index >= 15 is 0 Å². The predicted molar refractivity (Wildman–Crippen MR) is 101 cm³/mol. The van der Waals surface area contributed by atoms with Crippen LogP contribution >= 0.6 is 23.2 Å². The topological polar surface area (TPSA) is 64.6 Å². The van der Waals surface area contributed by atoms with E-state index in [0.29, 0.717) is 21.4 Å².